The Hall–Kier alpha value is -4.27. The maximum atomic E-state index is 12.7. The van der Waals surface area contributed by atoms with Gasteiger partial charge in [0.05, 0.1) is 28.4 Å². The van der Waals surface area contributed by atoms with E-state index in [1.807, 2.05) is 30.3 Å². The number of nitro groups is 1. The fourth-order valence-electron chi connectivity index (χ4n) is 3.14. The molecule has 9 nitrogen and oxygen atoms in total. The SMILES string of the molecule is Cc1cc(NC(=O)Cc2nc(-c3ccccc3)oc2C)n(-c2ccc([N+](=O)[O-])cc2)n1. The van der Waals surface area contributed by atoms with Gasteiger partial charge in [0, 0.05) is 23.8 Å². The molecule has 0 bridgehead atoms. The molecule has 0 atom stereocenters. The van der Waals surface area contributed by atoms with Crippen LogP contribution in [-0.2, 0) is 11.2 Å². The zero-order chi connectivity index (χ0) is 22.0. The highest BCUT2D eigenvalue weighted by Gasteiger charge is 2.17. The van der Waals surface area contributed by atoms with Crippen LogP contribution >= 0.6 is 0 Å². The topological polar surface area (TPSA) is 116 Å². The van der Waals surface area contributed by atoms with Crippen molar-refractivity contribution in [3.05, 3.63) is 87.9 Å². The van der Waals surface area contributed by atoms with Gasteiger partial charge in [-0.15, -0.1) is 0 Å². The number of aryl methyl sites for hydroxylation is 2. The van der Waals surface area contributed by atoms with Crippen molar-refractivity contribution in [3.63, 3.8) is 0 Å². The molecule has 31 heavy (non-hydrogen) atoms. The third-order valence-electron chi connectivity index (χ3n) is 4.65. The van der Waals surface area contributed by atoms with Gasteiger partial charge in [-0.1, -0.05) is 18.2 Å². The molecule has 0 spiro atoms. The van der Waals surface area contributed by atoms with Gasteiger partial charge in [0.1, 0.15) is 11.6 Å². The van der Waals surface area contributed by atoms with E-state index < -0.39 is 4.92 Å². The molecule has 2 aromatic heterocycles. The van der Waals surface area contributed by atoms with Crippen LogP contribution in [0.3, 0.4) is 0 Å². The van der Waals surface area contributed by atoms with Crippen molar-refractivity contribution >= 4 is 17.4 Å². The first-order valence-electron chi connectivity index (χ1n) is 9.54. The average molecular weight is 417 g/mol. The number of amides is 1. The lowest BCUT2D eigenvalue weighted by Crippen LogP contribution is -2.17. The van der Waals surface area contributed by atoms with Gasteiger partial charge >= 0.3 is 0 Å². The molecule has 4 aromatic rings. The van der Waals surface area contributed by atoms with E-state index in [1.165, 1.54) is 16.8 Å². The number of nitrogens with zero attached hydrogens (tertiary/aromatic N) is 4. The van der Waals surface area contributed by atoms with Gasteiger partial charge in [-0.25, -0.2) is 9.67 Å². The number of anilines is 1. The second-order valence-electron chi connectivity index (χ2n) is 6.97. The van der Waals surface area contributed by atoms with Gasteiger partial charge < -0.3 is 9.73 Å². The van der Waals surface area contributed by atoms with E-state index in [-0.39, 0.29) is 18.0 Å². The number of carbonyl (C=O) groups is 1. The molecular formula is C22H19N5O4. The number of non-ortho nitro benzene ring substituents is 1. The largest absolute Gasteiger partial charge is 0.441 e. The molecule has 2 heterocycles. The van der Waals surface area contributed by atoms with Crippen LogP contribution in [0.1, 0.15) is 17.1 Å². The lowest BCUT2D eigenvalue weighted by Gasteiger charge is -2.08. The number of carbonyl (C=O) groups excluding carboxylic acids is 1. The van der Waals surface area contributed by atoms with Crippen LogP contribution in [0, 0.1) is 24.0 Å². The molecule has 9 heteroatoms. The summed E-state index contributed by atoms with van der Waals surface area (Å²) >= 11 is 0. The van der Waals surface area contributed by atoms with Gasteiger partial charge in [-0.05, 0) is 38.1 Å². The zero-order valence-corrected chi connectivity index (χ0v) is 16.9. The number of oxazole rings is 1. The van der Waals surface area contributed by atoms with Crippen molar-refractivity contribution in [1.82, 2.24) is 14.8 Å². The van der Waals surface area contributed by atoms with Crippen LogP contribution in [0.15, 0.2) is 65.1 Å². The van der Waals surface area contributed by atoms with Crippen molar-refractivity contribution < 1.29 is 14.1 Å². The molecule has 0 unspecified atom stereocenters. The number of benzene rings is 2. The second kappa shape index (κ2) is 8.23. The Morgan fingerprint density at radius 3 is 2.52 bits per heavy atom. The van der Waals surface area contributed by atoms with Crippen molar-refractivity contribution in [2.45, 2.75) is 20.3 Å². The normalized spacial score (nSPS) is 10.8. The number of hydrogen-bond donors (Lipinski definition) is 1. The van der Waals surface area contributed by atoms with Crippen LogP contribution in [0.4, 0.5) is 11.5 Å². The fourth-order valence-corrected chi connectivity index (χ4v) is 3.14. The Kier molecular flexibility index (Phi) is 5.31. The standard InChI is InChI=1S/C22H19N5O4/c1-14-12-20(26(25-14)17-8-10-18(11-9-17)27(29)30)24-21(28)13-19-15(2)31-22(23-19)16-6-4-3-5-7-16/h3-12H,13H2,1-2H3,(H,24,28). The van der Waals surface area contributed by atoms with E-state index in [1.54, 1.807) is 32.0 Å². The lowest BCUT2D eigenvalue weighted by molar-refractivity contribution is -0.384. The third kappa shape index (κ3) is 4.35. The molecule has 2 aromatic carbocycles. The van der Waals surface area contributed by atoms with Gasteiger partial charge in [0.15, 0.2) is 0 Å². The Morgan fingerprint density at radius 2 is 1.84 bits per heavy atom. The first kappa shape index (κ1) is 20.0. The summed E-state index contributed by atoms with van der Waals surface area (Å²) in [5, 5.41) is 18.1. The number of aromatic nitrogens is 3. The molecule has 1 N–H and O–H groups in total. The van der Waals surface area contributed by atoms with Gasteiger partial charge in [-0.3, -0.25) is 14.9 Å². The number of hydrogen-bond acceptors (Lipinski definition) is 6. The Labute approximate surface area is 177 Å². The van der Waals surface area contributed by atoms with E-state index in [9.17, 15) is 14.9 Å². The van der Waals surface area contributed by atoms with Gasteiger partial charge in [-0.2, -0.15) is 5.10 Å². The summed E-state index contributed by atoms with van der Waals surface area (Å²) in [5.41, 5.74) is 2.66. The Balaban J connectivity index is 1.52. The van der Waals surface area contributed by atoms with Crippen LogP contribution in [-0.4, -0.2) is 25.6 Å². The van der Waals surface area contributed by atoms with Crippen LogP contribution in [0.25, 0.3) is 17.1 Å². The average Bonchev–Trinajstić information content (AvgIpc) is 3.30. The molecule has 1 amide bonds. The minimum atomic E-state index is -0.468. The molecule has 0 aliphatic carbocycles. The summed E-state index contributed by atoms with van der Waals surface area (Å²) in [6.07, 6.45) is 0.0344. The Bertz CT molecular complexity index is 1240. The monoisotopic (exact) mass is 417 g/mol. The summed E-state index contributed by atoms with van der Waals surface area (Å²) in [5.74, 6) is 1.22. The van der Waals surface area contributed by atoms with Gasteiger partial charge in [0.2, 0.25) is 11.8 Å². The number of rotatable bonds is 6. The first-order chi connectivity index (χ1) is 14.9. The van der Waals surface area contributed by atoms with Crippen molar-refractivity contribution in [2.75, 3.05) is 5.32 Å². The maximum absolute atomic E-state index is 12.7. The summed E-state index contributed by atoms with van der Waals surface area (Å²) in [6.45, 7) is 3.57. The van der Waals surface area contributed by atoms with Crippen LogP contribution in [0.5, 0.6) is 0 Å². The number of nitrogens with one attached hydrogen (secondary N) is 1. The molecule has 0 radical (unpaired) electrons. The summed E-state index contributed by atoms with van der Waals surface area (Å²) < 4.78 is 7.25. The predicted octanol–water partition coefficient (Wildman–Crippen LogP) is 4.23. The Morgan fingerprint density at radius 1 is 1.13 bits per heavy atom. The lowest BCUT2D eigenvalue weighted by atomic mass is 10.2. The van der Waals surface area contributed by atoms with Crippen molar-refractivity contribution in [2.24, 2.45) is 0 Å². The molecular weight excluding hydrogens is 398 g/mol. The quantitative estimate of drug-likeness (QED) is 0.371. The second-order valence-corrected chi connectivity index (χ2v) is 6.97. The highest BCUT2D eigenvalue weighted by Crippen LogP contribution is 2.23. The highest BCUT2D eigenvalue weighted by molar-refractivity contribution is 5.91. The highest BCUT2D eigenvalue weighted by atomic mass is 16.6. The summed E-state index contributed by atoms with van der Waals surface area (Å²) in [6, 6.07) is 17.1. The van der Waals surface area contributed by atoms with Crippen molar-refractivity contribution in [3.8, 4) is 17.1 Å². The van der Waals surface area contributed by atoms with Gasteiger partial charge in [0.25, 0.3) is 5.69 Å². The van der Waals surface area contributed by atoms with E-state index >= 15 is 0 Å². The molecule has 0 saturated carbocycles. The molecule has 0 saturated heterocycles. The molecule has 0 aliphatic rings. The molecule has 4 rings (SSSR count). The van der Waals surface area contributed by atoms with E-state index in [4.69, 9.17) is 4.42 Å². The van der Waals surface area contributed by atoms with Crippen LogP contribution < -0.4 is 5.32 Å². The predicted molar refractivity (Wildman–Crippen MR) is 114 cm³/mol. The molecule has 0 fully saturated rings. The minimum absolute atomic E-state index is 0.0195. The maximum Gasteiger partial charge on any atom is 0.269 e. The van der Waals surface area contributed by atoms with Crippen LogP contribution in [0.2, 0.25) is 0 Å². The third-order valence-corrected chi connectivity index (χ3v) is 4.65. The number of nitro benzene ring substituents is 1. The molecule has 156 valence electrons. The molecule has 0 aliphatic heterocycles. The summed E-state index contributed by atoms with van der Waals surface area (Å²) in [7, 11) is 0. The fraction of sp³-hybridized carbons (Fsp3) is 0.136. The van der Waals surface area contributed by atoms with E-state index in [0.717, 1.165) is 5.56 Å². The minimum Gasteiger partial charge on any atom is -0.441 e. The van der Waals surface area contributed by atoms with E-state index in [2.05, 4.69) is 15.4 Å². The summed E-state index contributed by atoms with van der Waals surface area (Å²) in [4.78, 5) is 27.6. The first-order valence-corrected chi connectivity index (χ1v) is 9.54. The zero-order valence-electron chi connectivity index (χ0n) is 16.9. The van der Waals surface area contributed by atoms with E-state index in [0.29, 0.717) is 34.5 Å². The smallest absolute Gasteiger partial charge is 0.269 e. The van der Waals surface area contributed by atoms with Crippen molar-refractivity contribution in [1.29, 1.82) is 0 Å².